The van der Waals surface area contributed by atoms with Crippen LogP contribution in [0.5, 0.6) is 0 Å². The zero-order valence-corrected chi connectivity index (χ0v) is 12.2. The number of nitrogens with zero attached hydrogens (tertiary/aromatic N) is 3. The van der Waals surface area contributed by atoms with Crippen molar-refractivity contribution in [3.63, 3.8) is 0 Å². The van der Waals surface area contributed by atoms with Gasteiger partial charge in [-0.1, -0.05) is 13.8 Å². The molecule has 0 saturated carbocycles. The summed E-state index contributed by atoms with van der Waals surface area (Å²) in [4.78, 5) is 9.21. The predicted octanol–water partition coefficient (Wildman–Crippen LogP) is 2.06. The molecule has 1 unspecified atom stereocenters. The van der Waals surface area contributed by atoms with Crippen molar-refractivity contribution in [2.75, 3.05) is 31.6 Å². The molecule has 0 aliphatic carbocycles. The Morgan fingerprint density at radius 3 is 2.74 bits per heavy atom. The average molecular weight is 263 g/mol. The average Bonchev–Trinajstić information content (AvgIpc) is 2.47. The van der Waals surface area contributed by atoms with Crippen molar-refractivity contribution in [2.45, 2.75) is 38.8 Å². The van der Waals surface area contributed by atoms with Gasteiger partial charge in [-0.05, 0) is 32.0 Å². The number of aliphatic hydroxyl groups is 1. The Hall–Kier alpha value is -1.13. The summed E-state index contributed by atoms with van der Waals surface area (Å²) in [6.45, 7) is 7.41. The van der Waals surface area contributed by atoms with E-state index in [1.54, 1.807) is 0 Å². The van der Waals surface area contributed by atoms with Crippen LogP contribution < -0.4 is 4.90 Å². The Labute approximate surface area is 116 Å². The molecule has 4 nitrogen and oxygen atoms in total. The molecule has 0 amide bonds. The fourth-order valence-corrected chi connectivity index (χ4v) is 2.61. The molecule has 1 N–H and O–H groups in total. The largest absolute Gasteiger partial charge is 0.387 e. The number of pyridine rings is 1. The van der Waals surface area contributed by atoms with E-state index in [0.29, 0.717) is 12.5 Å². The Kier molecular flexibility index (Phi) is 4.77. The molecule has 1 aliphatic heterocycles. The maximum Gasteiger partial charge on any atom is 0.0957 e. The molecule has 2 heterocycles. The monoisotopic (exact) mass is 263 g/mol. The minimum atomic E-state index is -0.440. The third-order valence-electron chi connectivity index (χ3n) is 4.11. The SMILES string of the molecule is CCC1CN(c2ccc([C@@H](O)CC)nc2)CCN1C. The lowest BCUT2D eigenvalue weighted by atomic mass is 10.1. The maximum absolute atomic E-state index is 9.76. The van der Waals surface area contributed by atoms with Crippen LogP contribution in [0.4, 0.5) is 5.69 Å². The minimum absolute atomic E-state index is 0.440. The first-order chi connectivity index (χ1) is 9.15. The highest BCUT2D eigenvalue weighted by Crippen LogP contribution is 2.21. The lowest BCUT2D eigenvalue weighted by Crippen LogP contribution is -2.51. The first-order valence-corrected chi connectivity index (χ1v) is 7.24. The van der Waals surface area contributed by atoms with Gasteiger partial charge in [0, 0.05) is 25.7 Å². The molecule has 2 atom stereocenters. The number of likely N-dealkylation sites (N-methyl/N-ethyl adjacent to an activating group) is 1. The molecule has 4 heteroatoms. The van der Waals surface area contributed by atoms with E-state index in [1.165, 1.54) is 12.1 Å². The topological polar surface area (TPSA) is 39.6 Å². The van der Waals surface area contributed by atoms with Crippen LogP contribution in [0, 0.1) is 0 Å². The van der Waals surface area contributed by atoms with E-state index in [0.717, 1.165) is 25.3 Å². The van der Waals surface area contributed by atoms with Crippen LogP contribution in [-0.4, -0.2) is 47.7 Å². The summed E-state index contributed by atoms with van der Waals surface area (Å²) in [5.74, 6) is 0. The Bertz CT molecular complexity index is 393. The van der Waals surface area contributed by atoms with E-state index in [4.69, 9.17) is 0 Å². The van der Waals surface area contributed by atoms with Gasteiger partial charge in [0.05, 0.1) is 23.7 Å². The first kappa shape index (κ1) is 14.3. The standard InChI is InChI=1S/C15H25N3O/c1-4-12-11-18(9-8-17(12)3)13-6-7-14(16-10-13)15(19)5-2/h6-7,10,12,15,19H,4-5,8-9,11H2,1-3H3/t12?,15-/m0/s1. The highest BCUT2D eigenvalue weighted by atomic mass is 16.3. The molecule has 0 radical (unpaired) electrons. The summed E-state index contributed by atoms with van der Waals surface area (Å²) in [5, 5.41) is 9.76. The van der Waals surface area contributed by atoms with Gasteiger partial charge in [-0.2, -0.15) is 0 Å². The number of piperazine rings is 1. The molecule has 1 aromatic rings. The molecule has 1 saturated heterocycles. The number of aliphatic hydroxyl groups excluding tert-OH is 1. The molecule has 1 fully saturated rings. The van der Waals surface area contributed by atoms with Gasteiger partial charge >= 0.3 is 0 Å². The quantitative estimate of drug-likeness (QED) is 0.902. The van der Waals surface area contributed by atoms with E-state index in [9.17, 15) is 5.11 Å². The highest BCUT2D eigenvalue weighted by Gasteiger charge is 2.23. The van der Waals surface area contributed by atoms with E-state index in [-0.39, 0.29) is 0 Å². The third kappa shape index (κ3) is 3.25. The van der Waals surface area contributed by atoms with Gasteiger partial charge in [0.15, 0.2) is 0 Å². The number of aromatic nitrogens is 1. The Morgan fingerprint density at radius 1 is 1.37 bits per heavy atom. The molecular weight excluding hydrogens is 238 g/mol. The fourth-order valence-electron chi connectivity index (χ4n) is 2.61. The summed E-state index contributed by atoms with van der Waals surface area (Å²) in [7, 11) is 2.20. The molecule has 106 valence electrons. The van der Waals surface area contributed by atoms with E-state index >= 15 is 0 Å². The zero-order chi connectivity index (χ0) is 13.8. The van der Waals surface area contributed by atoms with E-state index < -0.39 is 6.10 Å². The van der Waals surface area contributed by atoms with Crippen LogP contribution in [0.2, 0.25) is 0 Å². The van der Waals surface area contributed by atoms with Gasteiger partial charge in [0.25, 0.3) is 0 Å². The van der Waals surface area contributed by atoms with Crippen LogP contribution in [0.25, 0.3) is 0 Å². The maximum atomic E-state index is 9.76. The normalized spacial score (nSPS) is 22.5. The number of anilines is 1. The van der Waals surface area contributed by atoms with Crippen molar-refractivity contribution >= 4 is 5.69 Å². The second-order valence-corrected chi connectivity index (χ2v) is 5.35. The molecule has 19 heavy (non-hydrogen) atoms. The zero-order valence-electron chi connectivity index (χ0n) is 12.2. The molecule has 2 rings (SSSR count). The lowest BCUT2D eigenvalue weighted by molar-refractivity contribution is 0.169. The lowest BCUT2D eigenvalue weighted by Gasteiger charge is -2.40. The van der Waals surface area contributed by atoms with Crippen molar-refractivity contribution in [3.8, 4) is 0 Å². The third-order valence-corrected chi connectivity index (χ3v) is 4.11. The molecule has 1 aliphatic rings. The smallest absolute Gasteiger partial charge is 0.0957 e. The second-order valence-electron chi connectivity index (χ2n) is 5.35. The molecule has 0 aromatic carbocycles. The van der Waals surface area contributed by atoms with Gasteiger partial charge in [-0.3, -0.25) is 9.88 Å². The summed E-state index contributed by atoms with van der Waals surface area (Å²) in [6, 6.07) is 4.65. The van der Waals surface area contributed by atoms with Gasteiger partial charge in [0.1, 0.15) is 0 Å². The number of hydrogen-bond donors (Lipinski definition) is 1. The van der Waals surface area contributed by atoms with Crippen LogP contribution in [0.15, 0.2) is 18.3 Å². The van der Waals surface area contributed by atoms with Crippen LogP contribution in [0.1, 0.15) is 38.5 Å². The van der Waals surface area contributed by atoms with Crippen molar-refractivity contribution < 1.29 is 5.11 Å². The van der Waals surface area contributed by atoms with Crippen molar-refractivity contribution in [1.82, 2.24) is 9.88 Å². The first-order valence-electron chi connectivity index (χ1n) is 7.24. The molecular formula is C15H25N3O. The summed E-state index contributed by atoms with van der Waals surface area (Å²) >= 11 is 0. The fraction of sp³-hybridized carbons (Fsp3) is 0.667. The summed E-state index contributed by atoms with van der Waals surface area (Å²) in [6.07, 6.45) is 3.34. The van der Waals surface area contributed by atoms with Crippen LogP contribution >= 0.6 is 0 Å². The van der Waals surface area contributed by atoms with E-state index in [2.05, 4.69) is 34.8 Å². The van der Waals surface area contributed by atoms with Crippen molar-refractivity contribution in [2.24, 2.45) is 0 Å². The van der Waals surface area contributed by atoms with Gasteiger partial charge in [0.2, 0.25) is 0 Å². The molecule has 1 aromatic heterocycles. The van der Waals surface area contributed by atoms with E-state index in [1.807, 2.05) is 19.2 Å². The Balaban J connectivity index is 2.06. The summed E-state index contributed by atoms with van der Waals surface area (Å²) in [5.41, 5.74) is 1.94. The summed E-state index contributed by atoms with van der Waals surface area (Å²) < 4.78 is 0. The number of rotatable bonds is 4. The van der Waals surface area contributed by atoms with Gasteiger partial charge in [-0.25, -0.2) is 0 Å². The second kappa shape index (κ2) is 6.35. The minimum Gasteiger partial charge on any atom is -0.387 e. The Morgan fingerprint density at radius 2 is 2.16 bits per heavy atom. The predicted molar refractivity (Wildman–Crippen MR) is 78.4 cm³/mol. The van der Waals surface area contributed by atoms with Crippen LogP contribution in [-0.2, 0) is 0 Å². The number of hydrogen-bond acceptors (Lipinski definition) is 4. The van der Waals surface area contributed by atoms with Crippen LogP contribution in [0.3, 0.4) is 0 Å². The van der Waals surface area contributed by atoms with Gasteiger partial charge < -0.3 is 10.0 Å². The molecule has 0 bridgehead atoms. The molecule has 0 spiro atoms. The van der Waals surface area contributed by atoms with Crippen molar-refractivity contribution in [1.29, 1.82) is 0 Å². The highest BCUT2D eigenvalue weighted by molar-refractivity contribution is 5.45. The van der Waals surface area contributed by atoms with Gasteiger partial charge in [-0.15, -0.1) is 0 Å². The van der Waals surface area contributed by atoms with Crippen molar-refractivity contribution in [3.05, 3.63) is 24.0 Å².